The lowest BCUT2D eigenvalue weighted by atomic mass is 10.1. The Balaban J connectivity index is 2.09. The first kappa shape index (κ1) is 14.3. The first-order valence-corrected chi connectivity index (χ1v) is 6.22. The van der Waals surface area contributed by atoms with Crippen LogP contribution in [-0.2, 0) is 4.79 Å². The third-order valence-corrected chi connectivity index (χ3v) is 2.88. The molecule has 0 aliphatic carbocycles. The number of carbonyl (C=O) groups is 1. The SMILES string of the molecule is COc1cccc(C(O)C(=O)Nc2ccc(Cl)nc2)c1. The molecule has 5 nitrogen and oxygen atoms in total. The molecule has 1 atom stereocenters. The molecule has 20 heavy (non-hydrogen) atoms. The van der Waals surface area contributed by atoms with Crippen molar-refractivity contribution in [2.24, 2.45) is 0 Å². The fourth-order valence-corrected chi connectivity index (χ4v) is 1.74. The molecule has 1 aromatic carbocycles. The van der Waals surface area contributed by atoms with Crippen molar-refractivity contribution in [2.45, 2.75) is 6.10 Å². The van der Waals surface area contributed by atoms with Crippen LogP contribution in [0.3, 0.4) is 0 Å². The van der Waals surface area contributed by atoms with Gasteiger partial charge in [-0.3, -0.25) is 4.79 Å². The van der Waals surface area contributed by atoms with Crippen molar-refractivity contribution in [3.8, 4) is 5.75 Å². The van der Waals surface area contributed by atoms with E-state index in [0.29, 0.717) is 22.2 Å². The number of nitrogens with one attached hydrogen (secondary N) is 1. The number of methoxy groups -OCH3 is 1. The van der Waals surface area contributed by atoms with Crippen molar-refractivity contribution < 1.29 is 14.6 Å². The summed E-state index contributed by atoms with van der Waals surface area (Å²) in [5.74, 6) is 0.0184. The zero-order valence-corrected chi connectivity index (χ0v) is 11.5. The summed E-state index contributed by atoms with van der Waals surface area (Å²) in [5.41, 5.74) is 0.908. The molecule has 2 N–H and O–H groups in total. The molecular formula is C14H13ClN2O3. The molecule has 0 saturated carbocycles. The minimum atomic E-state index is -1.29. The summed E-state index contributed by atoms with van der Waals surface area (Å²) in [4.78, 5) is 15.8. The molecule has 0 radical (unpaired) electrons. The molecule has 1 unspecified atom stereocenters. The van der Waals surface area contributed by atoms with E-state index >= 15 is 0 Å². The van der Waals surface area contributed by atoms with Crippen LogP contribution < -0.4 is 10.1 Å². The number of halogens is 1. The van der Waals surface area contributed by atoms with Crippen molar-refractivity contribution in [1.29, 1.82) is 0 Å². The molecule has 0 aliphatic rings. The number of benzene rings is 1. The zero-order valence-electron chi connectivity index (χ0n) is 10.7. The molecule has 2 rings (SSSR count). The molecule has 1 amide bonds. The molecule has 0 spiro atoms. The van der Waals surface area contributed by atoms with Gasteiger partial charge in [0.15, 0.2) is 6.10 Å². The molecule has 6 heteroatoms. The predicted octanol–water partition coefficient (Wildman–Crippen LogP) is 2.42. The first-order valence-electron chi connectivity index (χ1n) is 5.84. The summed E-state index contributed by atoms with van der Waals surface area (Å²) in [6, 6.07) is 9.84. The highest BCUT2D eigenvalue weighted by molar-refractivity contribution is 6.29. The van der Waals surface area contributed by atoms with Crippen molar-refractivity contribution in [3.63, 3.8) is 0 Å². The van der Waals surface area contributed by atoms with Gasteiger partial charge in [-0.2, -0.15) is 0 Å². The van der Waals surface area contributed by atoms with Gasteiger partial charge in [-0.1, -0.05) is 23.7 Å². The average Bonchev–Trinajstić information content (AvgIpc) is 2.48. The Morgan fingerprint density at radius 3 is 2.85 bits per heavy atom. The lowest BCUT2D eigenvalue weighted by molar-refractivity contribution is -0.124. The molecular weight excluding hydrogens is 280 g/mol. The fraction of sp³-hybridized carbons (Fsp3) is 0.143. The predicted molar refractivity (Wildman–Crippen MR) is 75.8 cm³/mol. The Morgan fingerprint density at radius 2 is 2.20 bits per heavy atom. The quantitative estimate of drug-likeness (QED) is 0.849. The molecule has 1 heterocycles. The number of aliphatic hydroxyl groups is 1. The summed E-state index contributed by atoms with van der Waals surface area (Å²) >= 11 is 5.65. The van der Waals surface area contributed by atoms with Crippen LogP contribution in [0.15, 0.2) is 42.6 Å². The van der Waals surface area contributed by atoms with E-state index in [9.17, 15) is 9.90 Å². The van der Waals surface area contributed by atoms with Gasteiger partial charge in [-0.15, -0.1) is 0 Å². The number of anilines is 1. The number of hydrogen-bond acceptors (Lipinski definition) is 4. The average molecular weight is 293 g/mol. The summed E-state index contributed by atoms with van der Waals surface area (Å²) in [5, 5.41) is 12.9. The van der Waals surface area contributed by atoms with Gasteiger partial charge in [0, 0.05) is 0 Å². The van der Waals surface area contributed by atoms with E-state index in [2.05, 4.69) is 10.3 Å². The van der Waals surface area contributed by atoms with Crippen LogP contribution in [0.1, 0.15) is 11.7 Å². The number of nitrogens with zero attached hydrogens (tertiary/aromatic N) is 1. The lowest BCUT2D eigenvalue weighted by Crippen LogP contribution is -2.20. The summed E-state index contributed by atoms with van der Waals surface area (Å²) in [6.45, 7) is 0. The lowest BCUT2D eigenvalue weighted by Gasteiger charge is -2.12. The normalized spacial score (nSPS) is 11.8. The van der Waals surface area contributed by atoms with Crippen LogP contribution in [-0.4, -0.2) is 23.1 Å². The Hall–Kier alpha value is -2.11. The molecule has 0 fully saturated rings. The topological polar surface area (TPSA) is 71.5 Å². The summed E-state index contributed by atoms with van der Waals surface area (Å²) in [7, 11) is 1.52. The van der Waals surface area contributed by atoms with Gasteiger partial charge < -0.3 is 15.2 Å². The Labute approximate surface area is 121 Å². The van der Waals surface area contributed by atoms with Gasteiger partial charge in [0.1, 0.15) is 10.9 Å². The van der Waals surface area contributed by atoms with Crippen molar-refractivity contribution >= 4 is 23.2 Å². The number of aliphatic hydroxyl groups excluding tert-OH is 1. The van der Waals surface area contributed by atoms with Gasteiger partial charge >= 0.3 is 0 Å². The minimum absolute atomic E-state index is 0.330. The smallest absolute Gasteiger partial charge is 0.257 e. The van der Waals surface area contributed by atoms with E-state index in [1.54, 1.807) is 36.4 Å². The molecule has 1 aromatic heterocycles. The van der Waals surface area contributed by atoms with Crippen molar-refractivity contribution in [2.75, 3.05) is 12.4 Å². The largest absolute Gasteiger partial charge is 0.497 e. The minimum Gasteiger partial charge on any atom is -0.497 e. The maximum atomic E-state index is 11.9. The maximum absolute atomic E-state index is 11.9. The standard InChI is InChI=1S/C14H13ClN2O3/c1-20-11-4-2-3-9(7-11)13(18)14(19)17-10-5-6-12(15)16-8-10/h2-8,13,18H,1H3,(H,17,19). The van der Waals surface area contributed by atoms with Crippen molar-refractivity contribution in [1.82, 2.24) is 4.98 Å². The highest BCUT2D eigenvalue weighted by Crippen LogP contribution is 2.20. The first-order chi connectivity index (χ1) is 9.60. The third-order valence-electron chi connectivity index (χ3n) is 2.65. The highest BCUT2D eigenvalue weighted by atomic mass is 35.5. The molecule has 2 aromatic rings. The van der Waals surface area contributed by atoms with Gasteiger partial charge in [0.2, 0.25) is 0 Å². The Morgan fingerprint density at radius 1 is 1.40 bits per heavy atom. The number of rotatable bonds is 4. The van der Waals surface area contributed by atoms with Crippen molar-refractivity contribution in [3.05, 3.63) is 53.3 Å². The van der Waals surface area contributed by atoms with Crippen LogP contribution in [0.25, 0.3) is 0 Å². The highest BCUT2D eigenvalue weighted by Gasteiger charge is 2.18. The van der Waals surface area contributed by atoms with E-state index in [4.69, 9.17) is 16.3 Å². The summed E-state index contributed by atoms with van der Waals surface area (Å²) < 4.78 is 5.05. The second-order valence-electron chi connectivity index (χ2n) is 4.04. The van der Waals surface area contributed by atoms with E-state index < -0.39 is 12.0 Å². The van der Waals surface area contributed by atoms with Crippen LogP contribution in [0.4, 0.5) is 5.69 Å². The Kier molecular flexibility index (Phi) is 4.55. The van der Waals surface area contributed by atoms with E-state index in [0.717, 1.165) is 0 Å². The van der Waals surface area contributed by atoms with Crippen LogP contribution in [0.5, 0.6) is 5.75 Å². The maximum Gasteiger partial charge on any atom is 0.257 e. The van der Waals surface area contributed by atoms with Gasteiger partial charge in [-0.25, -0.2) is 4.98 Å². The molecule has 0 aliphatic heterocycles. The monoisotopic (exact) mass is 292 g/mol. The zero-order chi connectivity index (χ0) is 14.5. The second-order valence-corrected chi connectivity index (χ2v) is 4.43. The second kappa shape index (κ2) is 6.36. The number of hydrogen-bond donors (Lipinski definition) is 2. The van der Waals surface area contributed by atoms with Crippen LogP contribution >= 0.6 is 11.6 Å². The Bertz CT molecular complexity index is 602. The number of ether oxygens (including phenoxy) is 1. The molecule has 0 bridgehead atoms. The number of amides is 1. The van der Waals surface area contributed by atoms with E-state index in [1.807, 2.05) is 0 Å². The van der Waals surface area contributed by atoms with E-state index in [-0.39, 0.29) is 0 Å². The van der Waals surface area contributed by atoms with Gasteiger partial charge in [0.25, 0.3) is 5.91 Å². The molecule has 104 valence electrons. The van der Waals surface area contributed by atoms with Gasteiger partial charge in [-0.05, 0) is 29.8 Å². The number of pyridine rings is 1. The van der Waals surface area contributed by atoms with Crippen LogP contribution in [0.2, 0.25) is 5.15 Å². The van der Waals surface area contributed by atoms with Gasteiger partial charge in [0.05, 0.1) is 19.0 Å². The molecule has 0 saturated heterocycles. The fourth-order valence-electron chi connectivity index (χ4n) is 1.62. The van der Waals surface area contributed by atoms with Crippen LogP contribution in [0, 0.1) is 0 Å². The number of aromatic nitrogens is 1. The number of carbonyl (C=O) groups excluding carboxylic acids is 1. The summed E-state index contributed by atoms with van der Waals surface area (Å²) in [6.07, 6.45) is 0.124. The van der Waals surface area contributed by atoms with E-state index in [1.165, 1.54) is 13.3 Å². The third kappa shape index (κ3) is 3.46.